The van der Waals surface area contributed by atoms with Crippen LogP contribution in [0.1, 0.15) is 27.7 Å². The first-order valence-corrected chi connectivity index (χ1v) is 4.02. The number of rotatable bonds is 4. The van der Waals surface area contributed by atoms with Crippen molar-refractivity contribution >= 4 is 0 Å². The molecule has 0 aliphatic rings. The maximum absolute atomic E-state index is 5.52. The lowest BCUT2D eigenvalue weighted by Crippen LogP contribution is -2.11. The van der Waals surface area contributed by atoms with Crippen LogP contribution in [0.25, 0.3) is 0 Å². The second-order valence-corrected chi connectivity index (χ2v) is 2.99. The lowest BCUT2D eigenvalue weighted by Gasteiger charge is -2.17. The minimum absolute atomic E-state index is 0.0788. The van der Waals surface area contributed by atoms with Crippen molar-refractivity contribution in [2.75, 3.05) is 7.11 Å². The molecule has 2 heteroatoms. The van der Waals surface area contributed by atoms with Gasteiger partial charge < -0.3 is 9.47 Å². The van der Waals surface area contributed by atoms with Crippen molar-refractivity contribution in [3.8, 4) is 0 Å². The van der Waals surface area contributed by atoms with Gasteiger partial charge in [-0.2, -0.15) is 0 Å². The SMILES string of the molecule is C=C(OC)C(C)OC(C)=C(C)C. The van der Waals surface area contributed by atoms with Gasteiger partial charge in [0.1, 0.15) is 5.76 Å². The summed E-state index contributed by atoms with van der Waals surface area (Å²) in [6.45, 7) is 11.6. The van der Waals surface area contributed by atoms with Gasteiger partial charge in [-0.1, -0.05) is 6.58 Å². The topological polar surface area (TPSA) is 18.5 Å². The molecule has 0 heterocycles. The summed E-state index contributed by atoms with van der Waals surface area (Å²) in [4.78, 5) is 0. The van der Waals surface area contributed by atoms with E-state index in [2.05, 4.69) is 6.58 Å². The maximum Gasteiger partial charge on any atom is 0.151 e. The van der Waals surface area contributed by atoms with Gasteiger partial charge in [-0.3, -0.25) is 0 Å². The highest BCUT2D eigenvalue weighted by Crippen LogP contribution is 2.12. The Labute approximate surface area is 74.9 Å². The van der Waals surface area contributed by atoms with E-state index in [1.54, 1.807) is 7.11 Å². The van der Waals surface area contributed by atoms with Gasteiger partial charge in [-0.25, -0.2) is 0 Å². The second kappa shape index (κ2) is 4.86. The Hall–Kier alpha value is -0.920. The zero-order valence-corrected chi connectivity index (χ0v) is 8.60. The summed E-state index contributed by atoms with van der Waals surface area (Å²) in [7, 11) is 1.60. The van der Waals surface area contributed by atoms with E-state index in [0.29, 0.717) is 5.76 Å². The third-order valence-corrected chi connectivity index (χ3v) is 1.77. The third kappa shape index (κ3) is 3.46. The van der Waals surface area contributed by atoms with Gasteiger partial charge in [0.25, 0.3) is 0 Å². The molecular weight excluding hydrogens is 152 g/mol. The van der Waals surface area contributed by atoms with Crippen LogP contribution in [0.2, 0.25) is 0 Å². The van der Waals surface area contributed by atoms with Crippen molar-refractivity contribution in [2.24, 2.45) is 0 Å². The molecule has 0 radical (unpaired) electrons. The average molecular weight is 170 g/mol. The molecule has 0 N–H and O–H groups in total. The Morgan fingerprint density at radius 3 is 2.08 bits per heavy atom. The van der Waals surface area contributed by atoms with E-state index in [-0.39, 0.29) is 6.10 Å². The summed E-state index contributed by atoms with van der Waals surface area (Å²) in [6, 6.07) is 0. The van der Waals surface area contributed by atoms with E-state index >= 15 is 0 Å². The first-order chi connectivity index (χ1) is 5.49. The fourth-order valence-corrected chi connectivity index (χ4v) is 0.615. The number of hydrogen-bond acceptors (Lipinski definition) is 2. The van der Waals surface area contributed by atoms with Crippen LogP contribution in [0.5, 0.6) is 0 Å². The van der Waals surface area contributed by atoms with Crippen LogP contribution in [0.4, 0.5) is 0 Å². The van der Waals surface area contributed by atoms with Crippen LogP contribution in [0, 0.1) is 0 Å². The van der Waals surface area contributed by atoms with Crippen molar-refractivity contribution in [2.45, 2.75) is 33.8 Å². The third-order valence-electron chi connectivity index (χ3n) is 1.77. The molecule has 12 heavy (non-hydrogen) atoms. The van der Waals surface area contributed by atoms with E-state index in [4.69, 9.17) is 9.47 Å². The van der Waals surface area contributed by atoms with Crippen molar-refractivity contribution in [1.82, 2.24) is 0 Å². The Bertz CT molecular complexity index is 188. The molecule has 0 aromatic rings. The van der Waals surface area contributed by atoms with E-state index < -0.39 is 0 Å². The summed E-state index contributed by atoms with van der Waals surface area (Å²) in [5.74, 6) is 1.58. The van der Waals surface area contributed by atoms with Gasteiger partial charge in [0.05, 0.1) is 12.9 Å². The standard InChI is InChI=1S/C10H18O2/c1-7(2)8(3)12-10(5)9(4)11-6/h10H,4H2,1-3,5-6H3. The lowest BCUT2D eigenvalue weighted by molar-refractivity contribution is 0.102. The molecule has 70 valence electrons. The Morgan fingerprint density at radius 1 is 1.25 bits per heavy atom. The first-order valence-electron chi connectivity index (χ1n) is 4.02. The predicted molar refractivity (Wildman–Crippen MR) is 50.7 cm³/mol. The van der Waals surface area contributed by atoms with Crippen LogP contribution < -0.4 is 0 Å². The molecule has 0 bridgehead atoms. The Morgan fingerprint density at radius 2 is 1.75 bits per heavy atom. The molecule has 0 amide bonds. The van der Waals surface area contributed by atoms with Crippen LogP contribution in [0.3, 0.4) is 0 Å². The molecule has 0 rings (SSSR count). The zero-order valence-electron chi connectivity index (χ0n) is 8.60. The minimum atomic E-state index is -0.0788. The normalized spacial score (nSPS) is 11.8. The van der Waals surface area contributed by atoms with Crippen LogP contribution in [-0.4, -0.2) is 13.2 Å². The van der Waals surface area contributed by atoms with Crippen LogP contribution in [0.15, 0.2) is 23.7 Å². The van der Waals surface area contributed by atoms with Gasteiger partial charge in [-0.15, -0.1) is 0 Å². The van der Waals surface area contributed by atoms with Gasteiger partial charge in [0.2, 0.25) is 0 Å². The lowest BCUT2D eigenvalue weighted by atomic mass is 10.3. The van der Waals surface area contributed by atoms with Gasteiger partial charge >= 0.3 is 0 Å². The molecule has 1 atom stereocenters. The number of allylic oxidation sites excluding steroid dienone is 2. The average Bonchev–Trinajstić information content (AvgIpc) is 2.02. The summed E-state index contributed by atoms with van der Waals surface area (Å²) in [5.41, 5.74) is 1.17. The van der Waals surface area contributed by atoms with Gasteiger partial charge in [0, 0.05) is 0 Å². The molecule has 2 nitrogen and oxygen atoms in total. The monoisotopic (exact) mass is 170 g/mol. The fourth-order valence-electron chi connectivity index (χ4n) is 0.615. The fraction of sp³-hybridized carbons (Fsp3) is 0.600. The number of methoxy groups -OCH3 is 1. The van der Waals surface area contributed by atoms with Crippen LogP contribution >= 0.6 is 0 Å². The van der Waals surface area contributed by atoms with Crippen molar-refractivity contribution < 1.29 is 9.47 Å². The van der Waals surface area contributed by atoms with Gasteiger partial charge in [0.15, 0.2) is 6.10 Å². The molecule has 0 aromatic carbocycles. The molecule has 0 fully saturated rings. The highest BCUT2D eigenvalue weighted by molar-refractivity contribution is 5.02. The highest BCUT2D eigenvalue weighted by Gasteiger charge is 2.07. The van der Waals surface area contributed by atoms with E-state index in [0.717, 1.165) is 5.76 Å². The first kappa shape index (κ1) is 11.1. The van der Waals surface area contributed by atoms with Gasteiger partial charge in [-0.05, 0) is 33.3 Å². The smallest absolute Gasteiger partial charge is 0.151 e. The van der Waals surface area contributed by atoms with Crippen molar-refractivity contribution in [1.29, 1.82) is 0 Å². The quantitative estimate of drug-likeness (QED) is 0.604. The molecule has 0 spiro atoms. The van der Waals surface area contributed by atoms with E-state index in [1.165, 1.54) is 5.57 Å². The number of ether oxygens (including phenoxy) is 2. The second-order valence-electron chi connectivity index (χ2n) is 2.99. The molecule has 0 aliphatic heterocycles. The van der Waals surface area contributed by atoms with Crippen molar-refractivity contribution in [3.63, 3.8) is 0 Å². The summed E-state index contributed by atoms with van der Waals surface area (Å²) in [5, 5.41) is 0. The predicted octanol–water partition coefficient (Wildman–Crippen LogP) is 2.87. The Balaban J connectivity index is 4.10. The maximum atomic E-state index is 5.52. The molecule has 0 saturated carbocycles. The zero-order chi connectivity index (χ0) is 9.72. The number of hydrogen-bond donors (Lipinski definition) is 0. The van der Waals surface area contributed by atoms with E-state index in [1.807, 2.05) is 27.7 Å². The van der Waals surface area contributed by atoms with Crippen molar-refractivity contribution in [3.05, 3.63) is 23.7 Å². The summed E-state index contributed by atoms with van der Waals surface area (Å²) >= 11 is 0. The summed E-state index contributed by atoms with van der Waals surface area (Å²) < 4.78 is 10.5. The summed E-state index contributed by atoms with van der Waals surface area (Å²) in [6.07, 6.45) is -0.0788. The van der Waals surface area contributed by atoms with Crippen LogP contribution in [-0.2, 0) is 9.47 Å². The van der Waals surface area contributed by atoms with E-state index in [9.17, 15) is 0 Å². The molecule has 1 unspecified atom stereocenters. The molecule has 0 aromatic heterocycles. The largest absolute Gasteiger partial charge is 0.498 e. The minimum Gasteiger partial charge on any atom is -0.498 e. The molecular formula is C10H18O2. The molecule has 0 saturated heterocycles. The molecule has 0 aliphatic carbocycles. The highest BCUT2D eigenvalue weighted by atomic mass is 16.5. The Kier molecular flexibility index (Phi) is 4.49.